The largest absolute Gasteiger partial charge is 0.378 e. The number of nitrogens with zero attached hydrogens (tertiary/aromatic N) is 4. The summed E-state index contributed by atoms with van der Waals surface area (Å²) in [5.41, 5.74) is 2.03. The SMILES string of the molecule is Brc1c(-c2ccccc2)nc2sc(N3CCOCC3)nn12. The number of rotatable bonds is 2. The Morgan fingerprint density at radius 2 is 1.90 bits per heavy atom. The molecule has 0 saturated carbocycles. The van der Waals surface area contributed by atoms with Crippen LogP contribution in [0.15, 0.2) is 34.9 Å². The number of fused-ring (bicyclic) bond motifs is 1. The average Bonchev–Trinajstić information content (AvgIpc) is 3.09. The summed E-state index contributed by atoms with van der Waals surface area (Å²) in [7, 11) is 0. The molecule has 1 saturated heterocycles. The molecule has 0 bridgehead atoms. The van der Waals surface area contributed by atoms with E-state index in [1.807, 2.05) is 22.7 Å². The quantitative estimate of drug-likeness (QED) is 0.700. The van der Waals surface area contributed by atoms with Gasteiger partial charge in [-0.2, -0.15) is 4.52 Å². The lowest BCUT2D eigenvalue weighted by Crippen LogP contribution is -2.36. The van der Waals surface area contributed by atoms with Crippen LogP contribution in [0.5, 0.6) is 0 Å². The van der Waals surface area contributed by atoms with E-state index in [9.17, 15) is 0 Å². The van der Waals surface area contributed by atoms with E-state index in [2.05, 4.69) is 38.1 Å². The molecule has 0 unspecified atom stereocenters. The maximum Gasteiger partial charge on any atom is 0.215 e. The summed E-state index contributed by atoms with van der Waals surface area (Å²) >= 11 is 5.24. The van der Waals surface area contributed by atoms with E-state index in [-0.39, 0.29) is 0 Å². The van der Waals surface area contributed by atoms with Crippen LogP contribution in [0.4, 0.5) is 5.13 Å². The summed E-state index contributed by atoms with van der Waals surface area (Å²) in [6.07, 6.45) is 0. The number of anilines is 1. The van der Waals surface area contributed by atoms with Crippen LogP contribution >= 0.6 is 27.3 Å². The molecule has 7 heteroatoms. The lowest BCUT2D eigenvalue weighted by molar-refractivity contribution is 0.122. The van der Waals surface area contributed by atoms with E-state index in [1.165, 1.54) is 0 Å². The third-order valence-corrected chi connectivity index (χ3v) is 5.15. The van der Waals surface area contributed by atoms with Crippen molar-refractivity contribution in [3.05, 3.63) is 34.9 Å². The van der Waals surface area contributed by atoms with Crippen LogP contribution in [0.3, 0.4) is 0 Å². The smallest absolute Gasteiger partial charge is 0.215 e. The molecule has 4 rings (SSSR count). The fourth-order valence-corrected chi connectivity index (χ4v) is 4.01. The number of benzene rings is 1. The first-order valence-electron chi connectivity index (χ1n) is 6.76. The standard InChI is InChI=1S/C14H13BrN4OS/c15-12-11(10-4-2-1-3-5-10)16-13-19(12)17-14(21-13)18-6-8-20-9-7-18/h1-5H,6-9H2. The highest BCUT2D eigenvalue weighted by Gasteiger charge is 2.20. The molecule has 0 atom stereocenters. The number of hydrogen-bond acceptors (Lipinski definition) is 5. The minimum absolute atomic E-state index is 0.762. The fraction of sp³-hybridized carbons (Fsp3) is 0.286. The molecule has 108 valence electrons. The molecule has 3 aromatic rings. The third kappa shape index (κ3) is 2.35. The summed E-state index contributed by atoms with van der Waals surface area (Å²) in [5.74, 6) is 0. The van der Waals surface area contributed by atoms with Crippen LogP contribution in [0.1, 0.15) is 0 Å². The third-order valence-electron chi connectivity index (χ3n) is 3.47. The number of halogens is 1. The number of aromatic nitrogens is 3. The fourth-order valence-electron chi connectivity index (χ4n) is 2.38. The van der Waals surface area contributed by atoms with Gasteiger partial charge < -0.3 is 9.64 Å². The van der Waals surface area contributed by atoms with Crippen molar-refractivity contribution in [3.63, 3.8) is 0 Å². The predicted octanol–water partition coefficient (Wildman–Crippen LogP) is 3.06. The van der Waals surface area contributed by atoms with Gasteiger partial charge in [0.15, 0.2) is 0 Å². The van der Waals surface area contributed by atoms with Gasteiger partial charge in [-0.05, 0) is 15.9 Å². The highest BCUT2D eigenvalue weighted by Crippen LogP contribution is 2.33. The van der Waals surface area contributed by atoms with E-state index in [1.54, 1.807) is 11.3 Å². The molecule has 0 aliphatic carbocycles. The van der Waals surface area contributed by atoms with Crippen LogP contribution in [-0.4, -0.2) is 40.9 Å². The molecule has 2 aromatic heterocycles. The molecular formula is C14H13BrN4OS. The van der Waals surface area contributed by atoms with Crippen LogP contribution in [0, 0.1) is 0 Å². The molecule has 21 heavy (non-hydrogen) atoms. The van der Waals surface area contributed by atoms with Crippen molar-refractivity contribution in [1.82, 2.24) is 14.6 Å². The van der Waals surface area contributed by atoms with E-state index >= 15 is 0 Å². The first-order chi connectivity index (χ1) is 10.3. The summed E-state index contributed by atoms with van der Waals surface area (Å²) in [6.45, 7) is 3.30. The predicted molar refractivity (Wildman–Crippen MR) is 87.0 cm³/mol. The molecule has 5 nitrogen and oxygen atoms in total. The maximum atomic E-state index is 5.38. The summed E-state index contributed by atoms with van der Waals surface area (Å²) in [6, 6.07) is 10.1. The molecule has 1 aliphatic heterocycles. The van der Waals surface area contributed by atoms with Crippen molar-refractivity contribution in [3.8, 4) is 11.3 Å². The number of imidazole rings is 1. The number of morpholine rings is 1. The van der Waals surface area contributed by atoms with E-state index < -0.39 is 0 Å². The topological polar surface area (TPSA) is 42.7 Å². The van der Waals surface area contributed by atoms with Gasteiger partial charge in [0.25, 0.3) is 0 Å². The van der Waals surface area contributed by atoms with Gasteiger partial charge in [-0.1, -0.05) is 41.7 Å². The van der Waals surface area contributed by atoms with E-state index in [4.69, 9.17) is 9.72 Å². The highest BCUT2D eigenvalue weighted by atomic mass is 79.9. The van der Waals surface area contributed by atoms with Gasteiger partial charge in [0.2, 0.25) is 10.1 Å². The van der Waals surface area contributed by atoms with Crippen molar-refractivity contribution in [1.29, 1.82) is 0 Å². The molecule has 0 spiro atoms. The first-order valence-corrected chi connectivity index (χ1v) is 8.37. The zero-order valence-corrected chi connectivity index (χ0v) is 13.6. The number of hydrogen-bond donors (Lipinski definition) is 0. The Morgan fingerprint density at radius 3 is 2.62 bits per heavy atom. The molecule has 1 aromatic carbocycles. The zero-order chi connectivity index (χ0) is 14.2. The van der Waals surface area contributed by atoms with Crippen molar-refractivity contribution < 1.29 is 4.74 Å². The van der Waals surface area contributed by atoms with E-state index in [0.29, 0.717) is 0 Å². The monoisotopic (exact) mass is 364 g/mol. The summed E-state index contributed by atoms with van der Waals surface area (Å²) < 4.78 is 8.16. The van der Waals surface area contributed by atoms with Gasteiger partial charge in [-0.15, -0.1) is 5.10 Å². The molecule has 1 fully saturated rings. The highest BCUT2D eigenvalue weighted by molar-refractivity contribution is 9.10. The summed E-state index contributed by atoms with van der Waals surface area (Å²) in [5, 5.41) is 5.68. The molecule has 0 amide bonds. The molecule has 0 radical (unpaired) electrons. The Balaban J connectivity index is 1.74. The second-order valence-electron chi connectivity index (χ2n) is 4.80. The Morgan fingerprint density at radius 1 is 1.14 bits per heavy atom. The minimum Gasteiger partial charge on any atom is -0.378 e. The Bertz CT molecular complexity index is 764. The Labute approximate surface area is 134 Å². The molecule has 3 heterocycles. The average molecular weight is 365 g/mol. The lowest BCUT2D eigenvalue weighted by Gasteiger charge is -2.25. The van der Waals surface area contributed by atoms with Crippen molar-refractivity contribution >= 4 is 37.4 Å². The van der Waals surface area contributed by atoms with Crippen molar-refractivity contribution in [2.75, 3.05) is 31.2 Å². The van der Waals surface area contributed by atoms with Crippen LogP contribution in [-0.2, 0) is 4.74 Å². The van der Waals surface area contributed by atoms with Gasteiger partial charge >= 0.3 is 0 Å². The van der Waals surface area contributed by atoms with Crippen molar-refractivity contribution in [2.24, 2.45) is 0 Å². The molecule has 1 aliphatic rings. The lowest BCUT2D eigenvalue weighted by atomic mass is 10.2. The second-order valence-corrected chi connectivity index (χ2v) is 6.48. The minimum atomic E-state index is 0.762. The normalized spacial score (nSPS) is 15.8. The maximum absolute atomic E-state index is 5.38. The van der Waals surface area contributed by atoms with Gasteiger partial charge in [0.1, 0.15) is 10.3 Å². The Kier molecular flexibility index (Phi) is 3.40. The molecular weight excluding hydrogens is 352 g/mol. The second kappa shape index (κ2) is 5.40. The summed E-state index contributed by atoms with van der Waals surface area (Å²) in [4.78, 5) is 7.86. The van der Waals surface area contributed by atoms with Crippen LogP contribution < -0.4 is 4.90 Å². The van der Waals surface area contributed by atoms with Gasteiger partial charge in [0, 0.05) is 18.7 Å². The zero-order valence-electron chi connectivity index (χ0n) is 11.2. The van der Waals surface area contributed by atoms with Crippen LogP contribution in [0.2, 0.25) is 0 Å². The number of ether oxygens (including phenoxy) is 1. The van der Waals surface area contributed by atoms with Crippen LogP contribution in [0.25, 0.3) is 16.2 Å². The van der Waals surface area contributed by atoms with Gasteiger partial charge in [-0.25, -0.2) is 4.98 Å². The van der Waals surface area contributed by atoms with Crippen molar-refractivity contribution in [2.45, 2.75) is 0 Å². The van der Waals surface area contributed by atoms with Gasteiger partial charge in [0.05, 0.1) is 13.2 Å². The Hall–Kier alpha value is -1.44. The molecule has 0 N–H and O–H groups in total. The van der Waals surface area contributed by atoms with Gasteiger partial charge in [-0.3, -0.25) is 0 Å². The first kappa shape index (κ1) is 13.2. The van der Waals surface area contributed by atoms with E-state index in [0.717, 1.165) is 52.3 Å².